The van der Waals surface area contributed by atoms with E-state index in [1.807, 2.05) is 0 Å². The summed E-state index contributed by atoms with van der Waals surface area (Å²) in [5.41, 5.74) is -0.590. The number of hydrogen-bond donors (Lipinski definition) is 1. The Morgan fingerprint density at radius 2 is 2.31 bits per heavy atom. The molecule has 1 heterocycles. The minimum absolute atomic E-state index is 0.0284. The van der Waals surface area contributed by atoms with Gasteiger partial charge in [0.2, 0.25) is 0 Å². The van der Waals surface area contributed by atoms with Crippen LogP contribution < -0.4 is 5.32 Å². The SMILES string of the molecule is O=C1NCC(c2c(F)cccc2[N+](=O)[O-])O1. The molecule has 0 saturated carbocycles. The van der Waals surface area contributed by atoms with E-state index in [1.165, 1.54) is 12.1 Å². The lowest BCUT2D eigenvalue weighted by molar-refractivity contribution is -0.386. The van der Waals surface area contributed by atoms with Gasteiger partial charge in [0.1, 0.15) is 11.4 Å². The van der Waals surface area contributed by atoms with Crippen molar-refractivity contribution in [1.29, 1.82) is 0 Å². The van der Waals surface area contributed by atoms with Crippen LogP contribution in [0.3, 0.4) is 0 Å². The molecule has 1 aliphatic heterocycles. The summed E-state index contributed by atoms with van der Waals surface area (Å²) in [7, 11) is 0. The number of alkyl carbamates (subject to hydrolysis) is 1. The van der Waals surface area contributed by atoms with Gasteiger partial charge in [0, 0.05) is 6.07 Å². The number of rotatable bonds is 2. The van der Waals surface area contributed by atoms with Gasteiger partial charge in [0.15, 0.2) is 6.10 Å². The standard InChI is InChI=1S/C9H7FN2O4/c10-5-2-1-3-6(12(14)15)8(5)7-4-11-9(13)16-7/h1-3,7H,4H2,(H,11,13). The summed E-state index contributed by atoms with van der Waals surface area (Å²) in [6, 6.07) is 3.50. The van der Waals surface area contributed by atoms with Crippen molar-refractivity contribution >= 4 is 11.8 Å². The molecule has 16 heavy (non-hydrogen) atoms. The highest BCUT2D eigenvalue weighted by molar-refractivity contribution is 5.70. The van der Waals surface area contributed by atoms with Crippen molar-refractivity contribution < 1.29 is 18.8 Å². The van der Waals surface area contributed by atoms with Crippen LogP contribution >= 0.6 is 0 Å². The molecule has 1 aromatic carbocycles. The lowest BCUT2D eigenvalue weighted by Crippen LogP contribution is -2.13. The maximum Gasteiger partial charge on any atom is 0.407 e. The topological polar surface area (TPSA) is 81.5 Å². The number of amides is 1. The van der Waals surface area contributed by atoms with Crippen molar-refractivity contribution in [3.8, 4) is 0 Å². The second kappa shape index (κ2) is 3.76. The first-order valence-corrected chi connectivity index (χ1v) is 4.47. The van der Waals surface area contributed by atoms with Crippen molar-refractivity contribution in [3.05, 3.63) is 39.7 Å². The molecule has 0 spiro atoms. The lowest BCUT2D eigenvalue weighted by atomic mass is 10.1. The quantitative estimate of drug-likeness (QED) is 0.612. The van der Waals surface area contributed by atoms with Gasteiger partial charge in [-0.3, -0.25) is 10.1 Å². The molecule has 1 fully saturated rings. The maximum absolute atomic E-state index is 13.5. The van der Waals surface area contributed by atoms with Crippen molar-refractivity contribution in [2.45, 2.75) is 6.10 Å². The number of carbonyl (C=O) groups excluding carboxylic acids is 1. The molecule has 0 bridgehead atoms. The van der Waals surface area contributed by atoms with Gasteiger partial charge < -0.3 is 10.1 Å². The van der Waals surface area contributed by atoms with Crippen LogP contribution in [0.2, 0.25) is 0 Å². The van der Waals surface area contributed by atoms with Crippen LogP contribution in [0.15, 0.2) is 18.2 Å². The zero-order valence-electron chi connectivity index (χ0n) is 7.97. The van der Waals surface area contributed by atoms with E-state index in [-0.39, 0.29) is 17.8 Å². The number of nitro benzene ring substituents is 1. The zero-order valence-corrected chi connectivity index (χ0v) is 7.97. The molecule has 1 aliphatic rings. The highest BCUT2D eigenvalue weighted by Crippen LogP contribution is 2.31. The Morgan fingerprint density at radius 3 is 2.88 bits per heavy atom. The Bertz CT molecular complexity index is 463. The molecule has 7 heteroatoms. The maximum atomic E-state index is 13.5. The third kappa shape index (κ3) is 1.67. The van der Waals surface area contributed by atoms with Crippen molar-refractivity contribution in [1.82, 2.24) is 5.32 Å². The molecule has 1 N–H and O–H groups in total. The summed E-state index contributed by atoms with van der Waals surface area (Å²) in [5.74, 6) is -0.754. The number of halogens is 1. The van der Waals surface area contributed by atoms with Crippen LogP contribution in [0.25, 0.3) is 0 Å². The van der Waals surface area contributed by atoms with Gasteiger partial charge in [0.05, 0.1) is 11.5 Å². The highest BCUT2D eigenvalue weighted by Gasteiger charge is 2.32. The molecule has 0 aromatic heterocycles. The summed E-state index contributed by atoms with van der Waals surface area (Å²) in [4.78, 5) is 20.8. The summed E-state index contributed by atoms with van der Waals surface area (Å²) >= 11 is 0. The van der Waals surface area contributed by atoms with E-state index >= 15 is 0 Å². The molecular weight excluding hydrogens is 219 g/mol. The predicted molar refractivity (Wildman–Crippen MR) is 50.3 cm³/mol. The van der Waals surface area contributed by atoms with Gasteiger partial charge in [-0.05, 0) is 6.07 Å². The Labute approximate surface area is 89.2 Å². The molecule has 2 rings (SSSR count). The fourth-order valence-corrected chi connectivity index (χ4v) is 1.55. The summed E-state index contributed by atoms with van der Waals surface area (Å²) in [6.07, 6.45) is -1.66. The van der Waals surface area contributed by atoms with Gasteiger partial charge in [-0.25, -0.2) is 9.18 Å². The van der Waals surface area contributed by atoms with Gasteiger partial charge in [-0.1, -0.05) is 6.07 Å². The highest BCUT2D eigenvalue weighted by atomic mass is 19.1. The largest absolute Gasteiger partial charge is 0.439 e. The van der Waals surface area contributed by atoms with Crippen LogP contribution in [0, 0.1) is 15.9 Å². The second-order valence-electron chi connectivity index (χ2n) is 3.20. The molecule has 6 nitrogen and oxygen atoms in total. The van der Waals surface area contributed by atoms with Gasteiger partial charge in [0.25, 0.3) is 5.69 Å². The normalized spacial score (nSPS) is 19.1. The van der Waals surface area contributed by atoms with Crippen molar-refractivity contribution in [2.75, 3.05) is 6.54 Å². The van der Waals surface area contributed by atoms with Crippen LogP contribution in [0.1, 0.15) is 11.7 Å². The number of benzene rings is 1. The van der Waals surface area contributed by atoms with E-state index in [1.54, 1.807) is 0 Å². The fraction of sp³-hybridized carbons (Fsp3) is 0.222. The molecular formula is C9H7FN2O4. The number of ether oxygens (including phenoxy) is 1. The van der Waals surface area contributed by atoms with Gasteiger partial charge in [-0.15, -0.1) is 0 Å². The van der Waals surface area contributed by atoms with Crippen molar-refractivity contribution in [2.24, 2.45) is 0 Å². The predicted octanol–water partition coefficient (Wildman–Crippen LogP) is 1.51. The third-order valence-corrected chi connectivity index (χ3v) is 2.23. The summed E-state index contributed by atoms with van der Waals surface area (Å²) in [5, 5.41) is 13.0. The van der Waals surface area contributed by atoms with E-state index in [2.05, 4.69) is 5.32 Å². The van der Waals surface area contributed by atoms with Gasteiger partial charge in [-0.2, -0.15) is 0 Å². The van der Waals surface area contributed by atoms with E-state index in [4.69, 9.17) is 4.74 Å². The van der Waals surface area contributed by atoms with E-state index in [0.29, 0.717) is 0 Å². The number of hydrogen-bond acceptors (Lipinski definition) is 4. The number of nitrogens with zero attached hydrogens (tertiary/aromatic N) is 1. The average Bonchev–Trinajstić information content (AvgIpc) is 2.64. The Hall–Kier alpha value is -2.18. The van der Waals surface area contributed by atoms with Crippen LogP contribution in [0.4, 0.5) is 14.9 Å². The number of cyclic esters (lactones) is 1. The van der Waals surface area contributed by atoms with Crippen LogP contribution in [0.5, 0.6) is 0 Å². The lowest BCUT2D eigenvalue weighted by Gasteiger charge is -2.09. The minimum atomic E-state index is -0.950. The Balaban J connectivity index is 2.46. The molecule has 1 saturated heterocycles. The second-order valence-corrected chi connectivity index (χ2v) is 3.20. The molecule has 0 aliphatic carbocycles. The first-order chi connectivity index (χ1) is 7.59. The summed E-state index contributed by atoms with van der Waals surface area (Å²) in [6.45, 7) is 0.0284. The molecule has 1 aromatic rings. The molecule has 1 unspecified atom stereocenters. The molecule has 84 valence electrons. The zero-order chi connectivity index (χ0) is 11.7. The number of carbonyl (C=O) groups is 1. The van der Waals surface area contributed by atoms with Gasteiger partial charge >= 0.3 is 6.09 Å². The number of nitrogens with one attached hydrogen (secondary N) is 1. The molecule has 1 atom stereocenters. The molecule has 0 radical (unpaired) electrons. The third-order valence-electron chi connectivity index (χ3n) is 2.23. The first kappa shape index (κ1) is 10.3. The Kier molecular flexibility index (Phi) is 2.43. The van der Waals surface area contributed by atoms with E-state index in [0.717, 1.165) is 6.07 Å². The van der Waals surface area contributed by atoms with Crippen LogP contribution in [-0.4, -0.2) is 17.6 Å². The average molecular weight is 226 g/mol. The van der Waals surface area contributed by atoms with Crippen molar-refractivity contribution in [3.63, 3.8) is 0 Å². The van der Waals surface area contributed by atoms with E-state index < -0.39 is 22.9 Å². The smallest absolute Gasteiger partial charge is 0.407 e. The summed E-state index contributed by atoms with van der Waals surface area (Å²) < 4.78 is 18.2. The monoisotopic (exact) mass is 226 g/mol. The molecule has 1 amide bonds. The Morgan fingerprint density at radius 1 is 1.56 bits per heavy atom. The van der Waals surface area contributed by atoms with Crippen LogP contribution in [-0.2, 0) is 4.74 Å². The number of nitro groups is 1. The van der Waals surface area contributed by atoms with E-state index in [9.17, 15) is 19.3 Å². The minimum Gasteiger partial charge on any atom is -0.439 e. The fourth-order valence-electron chi connectivity index (χ4n) is 1.55. The first-order valence-electron chi connectivity index (χ1n) is 4.47.